The molecule has 8 heteroatoms. The lowest BCUT2D eigenvalue weighted by atomic mass is 10.1. The molecule has 2 aliphatic heterocycles. The topological polar surface area (TPSA) is 57.0 Å². The number of hydrogen-bond donors (Lipinski definition) is 1. The zero-order valence-corrected chi connectivity index (χ0v) is 17.6. The van der Waals surface area contributed by atoms with Crippen molar-refractivity contribution in [2.24, 2.45) is 0 Å². The Morgan fingerprint density at radius 1 is 1.03 bits per heavy atom. The second-order valence-corrected chi connectivity index (χ2v) is 8.20. The highest BCUT2D eigenvalue weighted by molar-refractivity contribution is 6.30. The highest BCUT2D eigenvalue weighted by Gasteiger charge is 2.28. The Bertz CT molecular complexity index is 832. The molecule has 2 aromatic rings. The van der Waals surface area contributed by atoms with Crippen LogP contribution in [0.2, 0.25) is 5.02 Å². The fraction of sp³-hybridized carbons (Fsp3) is 0.476. The van der Waals surface area contributed by atoms with Gasteiger partial charge in [0.25, 0.3) is 5.91 Å². The second-order valence-electron chi connectivity index (χ2n) is 7.76. The molecule has 1 aromatic heterocycles. The van der Waals surface area contributed by atoms with Crippen LogP contribution in [-0.2, 0) is 4.79 Å². The van der Waals surface area contributed by atoms with Crippen molar-refractivity contribution in [3.8, 4) is 0 Å². The van der Waals surface area contributed by atoms with E-state index in [2.05, 4.69) is 32.8 Å². The first kappa shape index (κ1) is 19.9. The van der Waals surface area contributed by atoms with Gasteiger partial charge < -0.3 is 19.6 Å². The average molecular weight is 416 g/mol. The first-order chi connectivity index (χ1) is 14.1. The zero-order chi connectivity index (χ0) is 20.2. The number of piperazine rings is 2. The minimum absolute atomic E-state index is 0.251. The third-order valence-corrected chi connectivity index (χ3v) is 6.09. The van der Waals surface area contributed by atoms with Gasteiger partial charge in [-0.3, -0.25) is 4.79 Å². The Morgan fingerprint density at radius 2 is 1.72 bits per heavy atom. The molecule has 2 aliphatic rings. The molecule has 4 rings (SSSR count). The fourth-order valence-corrected chi connectivity index (χ4v) is 4.27. The number of nitrogens with one attached hydrogen (secondary N) is 1. The maximum absolute atomic E-state index is 12.8. The van der Waals surface area contributed by atoms with Gasteiger partial charge in [-0.25, -0.2) is 9.97 Å². The first-order valence-corrected chi connectivity index (χ1v) is 10.6. The van der Waals surface area contributed by atoms with Gasteiger partial charge in [-0.2, -0.15) is 0 Å². The highest BCUT2D eigenvalue weighted by Crippen LogP contribution is 2.24. The molecule has 0 atom stereocenters. The summed E-state index contributed by atoms with van der Waals surface area (Å²) in [6.07, 6.45) is 3.52. The second kappa shape index (κ2) is 8.97. The highest BCUT2D eigenvalue weighted by atomic mass is 35.5. The molecule has 29 heavy (non-hydrogen) atoms. The number of benzene rings is 1. The normalized spacial score (nSPS) is 18.2. The molecule has 2 fully saturated rings. The van der Waals surface area contributed by atoms with Crippen LogP contribution >= 0.6 is 11.6 Å². The molecular weight excluding hydrogens is 388 g/mol. The van der Waals surface area contributed by atoms with Gasteiger partial charge in [0.2, 0.25) is 5.95 Å². The number of rotatable bonds is 4. The molecule has 2 saturated heterocycles. The number of halogens is 1. The lowest BCUT2D eigenvalue weighted by Gasteiger charge is -2.37. The van der Waals surface area contributed by atoms with E-state index in [0.717, 1.165) is 63.3 Å². The fourth-order valence-electron chi connectivity index (χ4n) is 4.10. The predicted octanol–water partition coefficient (Wildman–Crippen LogP) is 0.492. The lowest BCUT2D eigenvalue weighted by molar-refractivity contribution is -0.892. The first-order valence-electron chi connectivity index (χ1n) is 10.2. The molecule has 1 N–H and O–H groups in total. The van der Waals surface area contributed by atoms with Gasteiger partial charge in [-0.15, -0.1) is 0 Å². The summed E-state index contributed by atoms with van der Waals surface area (Å²) in [6, 6.07) is 7.87. The van der Waals surface area contributed by atoms with Crippen molar-refractivity contribution in [3.63, 3.8) is 0 Å². The Morgan fingerprint density at radius 3 is 2.41 bits per heavy atom. The van der Waals surface area contributed by atoms with E-state index >= 15 is 0 Å². The van der Waals surface area contributed by atoms with Crippen LogP contribution in [0.4, 0.5) is 11.6 Å². The summed E-state index contributed by atoms with van der Waals surface area (Å²) in [4.78, 5) is 29.3. The quantitative estimate of drug-likeness (QED) is 0.787. The number of amides is 1. The number of anilines is 2. The molecule has 3 heterocycles. The molecule has 1 aromatic carbocycles. The number of quaternary nitrogens is 1. The Hall–Kier alpha value is -2.38. The smallest absolute Gasteiger partial charge is 0.277 e. The van der Waals surface area contributed by atoms with E-state index in [1.807, 2.05) is 23.1 Å². The number of carbonyl (C=O) groups excluding carboxylic acids is 1. The van der Waals surface area contributed by atoms with Crippen molar-refractivity contribution >= 4 is 29.1 Å². The molecule has 0 spiro atoms. The maximum atomic E-state index is 12.8. The van der Waals surface area contributed by atoms with Gasteiger partial charge in [-0.05, 0) is 30.7 Å². The summed E-state index contributed by atoms with van der Waals surface area (Å²) < 4.78 is 0. The van der Waals surface area contributed by atoms with Gasteiger partial charge in [-0.1, -0.05) is 17.7 Å². The van der Waals surface area contributed by atoms with Crippen LogP contribution in [0.3, 0.4) is 0 Å². The largest absolute Gasteiger partial charge is 0.360 e. The number of aromatic nitrogens is 2. The summed E-state index contributed by atoms with van der Waals surface area (Å²) in [5, 5.41) is 0.774. The maximum Gasteiger partial charge on any atom is 0.277 e. The lowest BCUT2D eigenvalue weighted by Crippen LogP contribution is -3.16. The van der Waals surface area contributed by atoms with Gasteiger partial charge in [0, 0.05) is 49.3 Å². The third-order valence-electron chi connectivity index (χ3n) is 5.85. The van der Waals surface area contributed by atoms with Gasteiger partial charge >= 0.3 is 0 Å². The molecule has 1 amide bonds. The molecule has 0 bridgehead atoms. The van der Waals surface area contributed by atoms with Crippen LogP contribution in [0, 0.1) is 6.92 Å². The monoisotopic (exact) mass is 415 g/mol. The van der Waals surface area contributed by atoms with Crippen LogP contribution in [0.15, 0.2) is 36.7 Å². The molecule has 0 saturated carbocycles. The van der Waals surface area contributed by atoms with E-state index in [-0.39, 0.29) is 5.91 Å². The van der Waals surface area contributed by atoms with Crippen molar-refractivity contribution < 1.29 is 9.69 Å². The van der Waals surface area contributed by atoms with E-state index in [1.54, 1.807) is 12.4 Å². The van der Waals surface area contributed by atoms with Crippen molar-refractivity contribution in [2.75, 3.05) is 68.7 Å². The Balaban J connectivity index is 1.25. The minimum atomic E-state index is 0.251. The third kappa shape index (κ3) is 4.79. The predicted molar refractivity (Wildman–Crippen MR) is 115 cm³/mol. The Kier molecular flexibility index (Phi) is 6.16. The van der Waals surface area contributed by atoms with Gasteiger partial charge in [0.15, 0.2) is 6.54 Å². The molecule has 0 aliphatic carbocycles. The summed E-state index contributed by atoms with van der Waals surface area (Å²) >= 11 is 6.18. The summed E-state index contributed by atoms with van der Waals surface area (Å²) in [6.45, 7) is 9.56. The standard InChI is InChI=1S/C21H27ClN6O/c1-17-3-4-18(22)15-19(17)26-9-7-25(8-10-26)16-20(29)27-11-13-28(14-12-27)21-23-5-2-6-24-21/h2-6,15H,7-14,16H2,1H3/p+1. The van der Waals surface area contributed by atoms with Crippen LogP contribution in [-0.4, -0.2) is 79.7 Å². The molecular formula is C21H28ClN6O+. The molecule has 0 unspecified atom stereocenters. The van der Waals surface area contributed by atoms with Crippen LogP contribution in [0.25, 0.3) is 0 Å². The van der Waals surface area contributed by atoms with Crippen LogP contribution < -0.4 is 14.7 Å². The molecule has 154 valence electrons. The number of hydrogen-bond acceptors (Lipinski definition) is 5. The molecule has 7 nitrogen and oxygen atoms in total. The van der Waals surface area contributed by atoms with Crippen molar-refractivity contribution in [1.82, 2.24) is 14.9 Å². The Labute approximate surface area is 176 Å². The minimum Gasteiger partial charge on any atom is -0.360 e. The van der Waals surface area contributed by atoms with Crippen LogP contribution in [0.5, 0.6) is 0 Å². The van der Waals surface area contributed by atoms with Crippen LogP contribution in [0.1, 0.15) is 5.56 Å². The van der Waals surface area contributed by atoms with Gasteiger partial charge in [0.1, 0.15) is 0 Å². The number of carbonyl (C=O) groups is 1. The number of aryl methyl sites for hydroxylation is 1. The van der Waals surface area contributed by atoms with Crippen molar-refractivity contribution in [3.05, 3.63) is 47.2 Å². The summed E-state index contributed by atoms with van der Waals surface area (Å²) in [5.41, 5.74) is 2.45. The number of nitrogens with zero attached hydrogens (tertiary/aromatic N) is 5. The van der Waals surface area contributed by atoms with E-state index in [4.69, 9.17) is 11.6 Å². The average Bonchev–Trinajstić information content (AvgIpc) is 2.77. The van der Waals surface area contributed by atoms with E-state index in [0.29, 0.717) is 6.54 Å². The zero-order valence-electron chi connectivity index (χ0n) is 16.9. The van der Waals surface area contributed by atoms with E-state index in [9.17, 15) is 4.79 Å². The molecule has 0 radical (unpaired) electrons. The summed E-state index contributed by atoms with van der Waals surface area (Å²) in [7, 11) is 0. The van der Waals surface area contributed by atoms with Crippen molar-refractivity contribution in [1.29, 1.82) is 0 Å². The van der Waals surface area contributed by atoms with Crippen molar-refractivity contribution in [2.45, 2.75) is 6.92 Å². The SMILES string of the molecule is Cc1ccc(Cl)cc1N1CC[NH+](CC(=O)N2CCN(c3ncccn3)CC2)CC1. The van der Waals surface area contributed by atoms with E-state index in [1.165, 1.54) is 16.2 Å². The van der Waals surface area contributed by atoms with E-state index < -0.39 is 0 Å². The summed E-state index contributed by atoms with van der Waals surface area (Å²) in [5.74, 6) is 0.999. The van der Waals surface area contributed by atoms with Gasteiger partial charge in [0.05, 0.1) is 26.2 Å².